The summed E-state index contributed by atoms with van der Waals surface area (Å²) < 4.78 is 10.8. The number of piperazine rings is 1. The molecule has 1 fully saturated rings. The van der Waals surface area contributed by atoms with Crippen LogP contribution in [0.2, 0.25) is 0 Å². The van der Waals surface area contributed by atoms with Gasteiger partial charge in [-0.3, -0.25) is 9.88 Å². The van der Waals surface area contributed by atoms with E-state index in [0.29, 0.717) is 0 Å². The molecule has 2 heterocycles. The third-order valence-corrected chi connectivity index (χ3v) is 4.81. The van der Waals surface area contributed by atoms with E-state index in [1.54, 1.807) is 14.2 Å². The first kappa shape index (κ1) is 17.7. The van der Waals surface area contributed by atoms with E-state index in [1.165, 1.54) is 11.1 Å². The molecule has 1 aromatic heterocycles. The lowest BCUT2D eigenvalue weighted by atomic mass is 10.1. The van der Waals surface area contributed by atoms with Gasteiger partial charge in [-0.05, 0) is 42.3 Å². The summed E-state index contributed by atoms with van der Waals surface area (Å²) in [6, 6.07) is 10.2. The lowest BCUT2D eigenvalue weighted by Gasteiger charge is -2.35. The Balaban J connectivity index is 1.49. The van der Waals surface area contributed by atoms with Crippen molar-refractivity contribution in [3.05, 3.63) is 53.9 Å². The number of aromatic nitrogens is 1. The lowest BCUT2D eigenvalue weighted by Crippen LogP contribution is -2.46. The maximum atomic E-state index is 5.50. The van der Waals surface area contributed by atoms with Gasteiger partial charge in [-0.15, -0.1) is 0 Å². The molecule has 1 aromatic carbocycles. The third-order valence-electron chi connectivity index (χ3n) is 4.81. The summed E-state index contributed by atoms with van der Waals surface area (Å²) in [6.45, 7) is 6.39. The van der Waals surface area contributed by atoms with Crippen LogP contribution in [0.4, 0.5) is 0 Å². The van der Waals surface area contributed by atoms with E-state index in [2.05, 4.69) is 33.0 Å². The van der Waals surface area contributed by atoms with E-state index in [0.717, 1.165) is 57.2 Å². The molecule has 0 bridgehead atoms. The predicted molar refractivity (Wildman–Crippen MR) is 99.2 cm³/mol. The average molecular weight is 341 g/mol. The molecule has 0 aliphatic carbocycles. The van der Waals surface area contributed by atoms with Crippen LogP contribution in [0.25, 0.3) is 0 Å². The van der Waals surface area contributed by atoms with Crippen molar-refractivity contribution < 1.29 is 9.47 Å². The number of hydrogen-bond acceptors (Lipinski definition) is 5. The van der Waals surface area contributed by atoms with Gasteiger partial charge in [0.25, 0.3) is 0 Å². The first-order valence-corrected chi connectivity index (χ1v) is 8.83. The maximum Gasteiger partial charge on any atom is 0.123 e. The number of ether oxygens (including phenoxy) is 2. The van der Waals surface area contributed by atoms with Crippen molar-refractivity contribution in [2.24, 2.45) is 0 Å². The molecule has 25 heavy (non-hydrogen) atoms. The molecule has 0 amide bonds. The zero-order valence-electron chi connectivity index (χ0n) is 15.1. The van der Waals surface area contributed by atoms with Gasteiger partial charge in [-0.2, -0.15) is 0 Å². The molecule has 0 N–H and O–H groups in total. The van der Waals surface area contributed by atoms with E-state index in [-0.39, 0.29) is 0 Å². The fourth-order valence-corrected chi connectivity index (χ4v) is 3.25. The highest BCUT2D eigenvalue weighted by Crippen LogP contribution is 2.25. The first-order valence-electron chi connectivity index (χ1n) is 8.83. The van der Waals surface area contributed by atoms with Gasteiger partial charge in [-0.25, -0.2) is 0 Å². The summed E-state index contributed by atoms with van der Waals surface area (Å²) in [5, 5.41) is 0. The normalized spacial score (nSPS) is 15.9. The topological polar surface area (TPSA) is 37.8 Å². The van der Waals surface area contributed by atoms with Gasteiger partial charge in [-0.1, -0.05) is 0 Å². The standard InChI is InChI=1S/C20H27N3O2/c1-24-19-3-4-20(25-2)18(15-19)16-23-13-11-22(12-14-23)10-7-17-5-8-21-9-6-17/h3-6,8-9,15H,7,10-14,16H2,1-2H3. The summed E-state index contributed by atoms with van der Waals surface area (Å²) in [5.74, 6) is 1.81. The van der Waals surface area contributed by atoms with Gasteiger partial charge in [0.1, 0.15) is 11.5 Å². The molecule has 3 rings (SSSR count). The number of benzene rings is 1. The van der Waals surface area contributed by atoms with E-state index in [1.807, 2.05) is 24.5 Å². The number of pyridine rings is 1. The highest BCUT2D eigenvalue weighted by molar-refractivity contribution is 5.40. The Bertz CT molecular complexity index is 655. The minimum atomic E-state index is 0.881. The Morgan fingerprint density at radius 3 is 2.32 bits per heavy atom. The van der Waals surface area contributed by atoms with Crippen LogP contribution in [0.1, 0.15) is 11.1 Å². The lowest BCUT2D eigenvalue weighted by molar-refractivity contribution is 0.127. The molecule has 1 aliphatic heterocycles. The summed E-state index contributed by atoms with van der Waals surface area (Å²) >= 11 is 0. The first-order chi connectivity index (χ1) is 12.3. The third kappa shape index (κ3) is 4.94. The van der Waals surface area contributed by atoms with Crippen LogP contribution in [0, 0.1) is 0 Å². The van der Waals surface area contributed by atoms with Crippen LogP contribution in [-0.4, -0.2) is 61.7 Å². The van der Waals surface area contributed by atoms with Crippen molar-refractivity contribution in [2.45, 2.75) is 13.0 Å². The Morgan fingerprint density at radius 2 is 1.64 bits per heavy atom. The molecule has 1 aliphatic rings. The number of methoxy groups -OCH3 is 2. The van der Waals surface area contributed by atoms with Crippen LogP contribution in [-0.2, 0) is 13.0 Å². The van der Waals surface area contributed by atoms with E-state index in [9.17, 15) is 0 Å². The molecule has 0 unspecified atom stereocenters. The molecule has 0 saturated carbocycles. The average Bonchev–Trinajstić information content (AvgIpc) is 2.68. The Labute approximate surface area is 150 Å². The van der Waals surface area contributed by atoms with Gasteiger partial charge >= 0.3 is 0 Å². The number of hydrogen-bond donors (Lipinski definition) is 0. The molecular formula is C20H27N3O2. The quantitative estimate of drug-likeness (QED) is 0.773. The molecular weight excluding hydrogens is 314 g/mol. The van der Waals surface area contributed by atoms with Crippen molar-refractivity contribution in [3.8, 4) is 11.5 Å². The molecule has 134 valence electrons. The summed E-state index contributed by atoms with van der Waals surface area (Å²) in [5.41, 5.74) is 2.55. The van der Waals surface area contributed by atoms with Crippen LogP contribution in [0.15, 0.2) is 42.7 Å². The van der Waals surface area contributed by atoms with Gasteiger partial charge in [0.2, 0.25) is 0 Å². The van der Waals surface area contributed by atoms with Crippen LogP contribution >= 0.6 is 0 Å². The second kappa shape index (κ2) is 8.83. The summed E-state index contributed by atoms with van der Waals surface area (Å²) in [6.07, 6.45) is 4.83. The fourth-order valence-electron chi connectivity index (χ4n) is 3.25. The monoisotopic (exact) mass is 341 g/mol. The van der Waals surface area contributed by atoms with Crippen molar-refractivity contribution >= 4 is 0 Å². The second-order valence-corrected chi connectivity index (χ2v) is 6.40. The van der Waals surface area contributed by atoms with Crippen LogP contribution in [0.5, 0.6) is 11.5 Å². The summed E-state index contributed by atoms with van der Waals surface area (Å²) in [4.78, 5) is 9.10. The molecule has 0 spiro atoms. The van der Waals surface area contributed by atoms with E-state index >= 15 is 0 Å². The number of nitrogens with zero attached hydrogens (tertiary/aromatic N) is 3. The smallest absolute Gasteiger partial charge is 0.123 e. The zero-order chi connectivity index (χ0) is 17.5. The zero-order valence-corrected chi connectivity index (χ0v) is 15.1. The number of rotatable bonds is 7. The van der Waals surface area contributed by atoms with Crippen molar-refractivity contribution in [2.75, 3.05) is 46.9 Å². The Morgan fingerprint density at radius 1 is 0.920 bits per heavy atom. The van der Waals surface area contributed by atoms with Gasteiger partial charge < -0.3 is 14.4 Å². The second-order valence-electron chi connectivity index (χ2n) is 6.40. The molecule has 0 atom stereocenters. The minimum Gasteiger partial charge on any atom is -0.497 e. The Kier molecular flexibility index (Phi) is 6.25. The molecule has 5 heteroatoms. The van der Waals surface area contributed by atoms with Gasteiger partial charge in [0, 0.05) is 57.2 Å². The fraction of sp³-hybridized carbons (Fsp3) is 0.450. The van der Waals surface area contributed by atoms with Crippen LogP contribution in [0.3, 0.4) is 0 Å². The van der Waals surface area contributed by atoms with Crippen molar-refractivity contribution in [1.82, 2.24) is 14.8 Å². The molecule has 0 radical (unpaired) electrons. The van der Waals surface area contributed by atoms with Gasteiger partial charge in [0.15, 0.2) is 0 Å². The SMILES string of the molecule is COc1ccc(OC)c(CN2CCN(CCc3ccncc3)CC2)c1. The maximum absolute atomic E-state index is 5.50. The van der Waals surface area contributed by atoms with E-state index in [4.69, 9.17) is 9.47 Å². The largest absolute Gasteiger partial charge is 0.497 e. The highest BCUT2D eigenvalue weighted by Gasteiger charge is 2.18. The van der Waals surface area contributed by atoms with Crippen molar-refractivity contribution in [3.63, 3.8) is 0 Å². The summed E-state index contributed by atoms with van der Waals surface area (Å²) in [7, 11) is 3.43. The van der Waals surface area contributed by atoms with Crippen molar-refractivity contribution in [1.29, 1.82) is 0 Å². The van der Waals surface area contributed by atoms with Gasteiger partial charge in [0.05, 0.1) is 14.2 Å². The highest BCUT2D eigenvalue weighted by atomic mass is 16.5. The minimum absolute atomic E-state index is 0.881. The van der Waals surface area contributed by atoms with Crippen LogP contribution < -0.4 is 9.47 Å². The molecule has 5 nitrogen and oxygen atoms in total. The predicted octanol–water partition coefficient (Wildman–Crippen LogP) is 2.46. The molecule has 1 saturated heterocycles. The molecule has 2 aromatic rings. The Hall–Kier alpha value is -2.11. The van der Waals surface area contributed by atoms with E-state index < -0.39 is 0 Å².